The van der Waals surface area contributed by atoms with E-state index < -0.39 is 5.41 Å². The molecular formula is C15H13FS. The summed E-state index contributed by atoms with van der Waals surface area (Å²) < 4.78 is 15.3. The molecule has 0 N–H and O–H groups in total. The molecule has 0 aliphatic heterocycles. The van der Waals surface area contributed by atoms with Crippen molar-refractivity contribution in [1.29, 1.82) is 0 Å². The highest BCUT2D eigenvalue weighted by atomic mass is 32.1. The number of rotatable bonds is 0. The second-order valence-corrected chi connectivity index (χ2v) is 6.01. The van der Waals surface area contributed by atoms with E-state index in [1.165, 1.54) is 4.70 Å². The van der Waals surface area contributed by atoms with E-state index in [1.54, 1.807) is 17.4 Å². The van der Waals surface area contributed by atoms with Gasteiger partial charge in [0.2, 0.25) is 0 Å². The molecule has 2 aromatic rings. The minimum atomic E-state index is -0.500. The van der Waals surface area contributed by atoms with Gasteiger partial charge in [-0.25, -0.2) is 4.39 Å². The lowest BCUT2D eigenvalue weighted by Gasteiger charge is -2.16. The lowest BCUT2D eigenvalue weighted by molar-refractivity contribution is 0.436. The molecule has 17 heavy (non-hydrogen) atoms. The molecule has 0 unspecified atom stereocenters. The summed E-state index contributed by atoms with van der Waals surface area (Å²) in [6.45, 7) is 3.79. The first-order chi connectivity index (χ1) is 8.08. The van der Waals surface area contributed by atoms with Crippen LogP contribution in [0.15, 0.2) is 36.2 Å². The number of hydrogen-bond acceptors (Lipinski definition) is 1. The Balaban J connectivity index is 2.33. The minimum absolute atomic E-state index is 0.0731. The van der Waals surface area contributed by atoms with E-state index in [9.17, 15) is 4.39 Å². The average Bonchev–Trinajstić information content (AvgIpc) is 2.60. The second kappa shape index (κ2) is 3.54. The molecular weight excluding hydrogens is 231 g/mol. The van der Waals surface area contributed by atoms with Crippen LogP contribution in [-0.4, -0.2) is 0 Å². The quantitative estimate of drug-likeness (QED) is 0.592. The fourth-order valence-corrected chi connectivity index (χ4v) is 3.12. The van der Waals surface area contributed by atoms with E-state index in [1.807, 2.05) is 38.1 Å². The van der Waals surface area contributed by atoms with Gasteiger partial charge in [0.15, 0.2) is 0 Å². The van der Waals surface area contributed by atoms with Gasteiger partial charge in [-0.15, -0.1) is 11.3 Å². The van der Waals surface area contributed by atoms with Gasteiger partial charge in [-0.1, -0.05) is 24.3 Å². The minimum Gasteiger partial charge on any atom is -0.211 e. The molecule has 0 spiro atoms. The van der Waals surface area contributed by atoms with Gasteiger partial charge < -0.3 is 0 Å². The van der Waals surface area contributed by atoms with Gasteiger partial charge in [-0.2, -0.15) is 0 Å². The summed E-state index contributed by atoms with van der Waals surface area (Å²) in [7, 11) is 0. The summed E-state index contributed by atoms with van der Waals surface area (Å²) in [4.78, 5) is 1.15. The standard InChI is InChI=1S/C15H13FS/c1-15(2)8-7-13-11(9-14(15)16)10-5-3-4-6-12(10)17-13/h3-9H,1-2H3. The molecule has 86 valence electrons. The molecule has 1 aromatic heterocycles. The number of halogens is 1. The van der Waals surface area contributed by atoms with Crippen LogP contribution in [0.25, 0.3) is 22.2 Å². The monoisotopic (exact) mass is 244 g/mol. The number of benzene rings is 1. The lowest BCUT2D eigenvalue weighted by atomic mass is 9.91. The lowest BCUT2D eigenvalue weighted by Crippen LogP contribution is -2.06. The molecule has 1 aliphatic rings. The number of fused-ring (bicyclic) bond motifs is 3. The Hall–Kier alpha value is -1.41. The van der Waals surface area contributed by atoms with Crippen molar-refractivity contribution in [3.8, 4) is 0 Å². The van der Waals surface area contributed by atoms with Crippen LogP contribution in [0.5, 0.6) is 0 Å². The summed E-state index contributed by atoms with van der Waals surface area (Å²) >= 11 is 1.72. The second-order valence-electron chi connectivity index (χ2n) is 4.92. The molecule has 3 rings (SSSR count). The summed E-state index contributed by atoms with van der Waals surface area (Å²) in [5, 5.41) is 1.14. The van der Waals surface area contributed by atoms with Gasteiger partial charge in [-0.05, 0) is 32.1 Å². The largest absolute Gasteiger partial charge is 0.211 e. The number of allylic oxidation sites excluding steroid dienone is 2. The van der Waals surface area contributed by atoms with Crippen LogP contribution >= 0.6 is 11.3 Å². The van der Waals surface area contributed by atoms with Crippen molar-refractivity contribution in [3.63, 3.8) is 0 Å². The number of hydrogen-bond donors (Lipinski definition) is 0. The van der Waals surface area contributed by atoms with Crippen molar-refractivity contribution < 1.29 is 4.39 Å². The summed E-state index contributed by atoms with van der Waals surface area (Å²) in [6, 6.07) is 8.16. The summed E-state index contributed by atoms with van der Waals surface area (Å²) in [6.07, 6.45) is 5.68. The maximum atomic E-state index is 14.1. The van der Waals surface area contributed by atoms with E-state index in [0.717, 1.165) is 15.8 Å². The van der Waals surface area contributed by atoms with Crippen LogP contribution in [-0.2, 0) is 0 Å². The molecule has 0 saturated heterocycles. The van der Waals surface area contributed by atoms with Crippen LogP contribution in [0.3, 0.4) is 0 Å². The smallest absolute Gasteiger partial charge is 0.110 e. The van der Waals surface area contributed by atoms with Crippen molar-refractivity contribution in [2.75, 3.05) is 0 Å². The van der Waals surface area contributed by atoms with Crippen LogP contribution in [0.1, 0.15) is 24.3 Å². The van der Waals surface area contributed by atoms with Crippen molar-refractivity contribution in [2.45, 2.75) is 13.8 Å². The molecule has 1 aliphatic carbocycles. The zero-order chi connectivity index (χ0) is 12.0. The molecule has 2 heteroatoms. The number of thiophene rings is 1. The summed E-state index contributed by atoms with van der Waals surface area (Å²) in [5.74, 6) is -0.0731. The Morgan fingerprint density at radius 1 is 1.18 bits per heavy atom. The van der Waals surface area contributed by atoms with Gasteiger partial charge >= 0.3 is 0 Å². The van der Waals surface area contributed by atoms with Crippen molar-refractivity contribution >= 4 is 33.6 Å². The molecule has 0 fully saturated rings. The topological polar surface area (TPSA) is 0 Å². The Bertz CT molecular complexity index is 644. The van der Waals surface area contributed by atoms with Crippen molar-refractivity contribution in [2.24, 2.45) is 5.41 Å². The molecule has 0 nitrogen and oxygen atoms in total. The van der Waals surface area contributed by atoms with E-state index in [2.05, 4.69) is 12.1 Å². The predicted molar refractivity (Wildman–Crippen MR) is 73.7 cm³/mol. The van der Waals surface area contributed by atoms with Crippen LogP contribution in [0, 0.1) is 5.41 Å². The van der Waals surface area contributed by atoms with Gasteiger partial charge in [0.25, 0.3) is 0 Å². The summed E-state index contributed by atoms with van der Waals surface area (Å²) in [5.41, 5.74) is 0.518. The Labute approximate surface area is 104 Å². The fraction of sp³-hybridized carbons (Fsp3) is 0.200. The fourth-order valence-electron chi connectivity index (χ4n) is 2.03. The molecule has 1 heterocycles. The van der Waals surface area contributed by atoms with Crippen LogP contribution in [0.4, 0.5) is 4.39 Å². The molecule has 0 radical (unpaired) electrons. The third-order valence-electron chi connectivity index (χ3n) is 3.20. The van der Waals surface area contributed by atoms with Gasteiger partial charge in [-0.3, -0.25) is 0 Å². The van der Waals surface area contributed by atoms with Crippen LogP contribution in [0.2, 0.25) is 0 Å². The average molecular weight is 244 g/mol. The van der Waals surface area contributed by atoms with E-state index in [-0.39, 0.29) is 5.83 Å². The highest BCUT2D eigenvalue weighted by Crippen LogP contribution is 2.41. The molecule has 0 saturated carbocycles. The van der Waals surface area contributed by atoms with E-state index in [0.29, 0.717) is 0 Å². The highest BCUT2D eigenvalue weighted by Gasteiger charge is 2.24. The Morgan fingerprint density at radius 3 is 2.76 bits per heavy atom. The van der Waals surface area contributed by atoms with Crippen LogP contribution < -0.4 is 0 Å². The zero-order valence-corrected chi connectivity index (χ0v) is 10.6. The SMILES string of the molecule is CC1(C)C=Cc2sc3ccccc3c2C=C1F. The van der Waals surface area contributed by atoms with Gasteiger partial charge in [0, 0.05) is 25.9 Å². The van der Waals surface area contributed by atoms with E-state index in [4.69, 9.17) is 0 Å². The van der Waals surface area contributed by atoms with E-state index >= 15 is 0 Å². The first kappa shape index (κ1) is 10.7. The third-order valence-corrected chi connectivity index (χ3v) is 4.35. The Kier molecular flexibility index (Phi) is 2.23. The first-order valence-corrected chi connectivity index (χ1v) is 6.48. The maximum absolute atomic E-state index is 14.1. The first-order valence-electron chi connectivity index (χ1n) is 5.66. The normalized spacial score (nSPS) is 17.7. The van der Waals surface area contributed by atoms with Gasteiger partial charge in [0.05, 0.1) is 0 Å². The highest BCUT2D eigenvalue weighted by molar-refractivity contribution is 7.20. The molecule has 0 bridgehead atoms. The van der Waals surface area contributed by atoms with Crippen molar-refractivity contribution in [1.82, 2.24) is 0 Å². The molecule has 0 amide bonds. The zero-order valence-electron chi connectivity index (χ0n) is 9.83. The van der Waals surface area contributed by atoms with Crippen molar-refractivity contribution in [3.05, 3.63) is 46.6 Å². The third kappa shape index (κ3) is 1.64. The Morgan fingerprint density at radius 2 is 1.94 bits per heavy atom. The molecule has 1 aromatic carbocycles. The maximum Gasteiger partial charge on any atom is 0.110 e. The van der Waals surface area contributed by atoms with Gasteiger partial charge in [0.1, 0.15) is 5.83 Å². The molecule has 0 atom stereocenters. The predicted octanol–water partition coefficient (Wildman–Crippen LogP) is 5.26.